The van der Waals surface area contributed by atoms with E-state index in [4.69, 9.17) is 0 Å². The molecule has 0 bridgehead atoms. The Bertz CT molecular complexity index is 448. The Morgan fingerprint density at radius 2 is 2.11 bits per heavy atom. The molecule has 6 heteroatoms. The maximum atomic E-state index is 12.2. The monoisotopic (exact) mass is 285 g/mol. The molecule has 0 amide bonds. The minimum Gasteiger partial charge on any atom is -0.320 e. The van der Waals surface area contributed by atoms with Crippen molar-refractivity contribution >= 4 is 10.0 Å². The van der Waals surface area contributed by atoms with Crippen LogP contribution in [-0.4, -0.2) is 43.6 Å². The standard InChI is InChI=1S/C13H23N3O2S/c1-3-16(12-13-8-4-5-10-15-13)19(17,18)11-7-6-9-14-2/h4-5,8,10,14H,3,6-7,9,11-12H2,1-2H3. The maximum absolute atomic E-state index is 12.2. The molecule has 19 heavy (non-hydrogen) atoms. The van der Waals surface area contributed by atoms with Crippen molar-refractivity contribution in [3.8, 4) is 0 Å². The zero-order valence-electron chi connectivity index (χ0n) is 11.7. The molecule has 5 nitrogen and oxygen atoms in total. The Labute approximate surface area is 116 Å². The van der Waals surface area contributed by atoms with E-state index in [2.05, 4.69) is 10.3 Å². The van der Waals surface area contributed by atoms with Gasteiger partial charge in [-0.3, -0.25) is 4.98 Å². The molecule has 0 aromatic carbocycles. The number of nitrogens with one attached hydrogen (secondary N) is 1. The van der Waals surface area contributed by atoms with E-state index in [0.717, 1.165) is 18.7 Å². The molecule has 0 fully saturated rings. The number of pyridine rings is 1. The highest BCUT2D eigenvalue weighted by molar-refractivity contribution is 7.89. The van der Waals surface area contributed by atoms with Crippen LogP contribution in [0.5, 0.6) is 0 Å². The molecule has 1 N–H and O–H groups in total. The fourth-order valence-electron chi connectivity index (χ4n) is 1.79. The average Bonchev–Trinajstić information content (AvgIpc) is 2.42. The number of hydrogen-bond acceptors (Lipinski definition) is 4. The van der Waals surface area contributed by atoms with Gasteiger partial charge in [-0.25, -0.2) is 8.42 Å². The van der Waals surface area contributed by atoms with Crippen LogP contribution in [0.2, 0.25) is 0 Å². The smallest absolute Gasteiger partial charge is 0.214 e. The second kappa shape index (κ2) is 8.24. The van der Waals surface area contributed by atoms with Gasteiger partial charge in [0, 0.05) is 12.7 Å². The summed E-state index contributed by atoms with van der Waals surface area (Å²) in [6, 6.07) is 5.54. The first-order chi connectivity index (χ1) is 9.10. The number of unbranched alkanes of at least 4 members (excludes halogenated alkanes) is 1. The summed E-state index contributed by atoms with van der Waals surface area (Å²) in [6.45, 7) is 3.53. The maximum Gasteiger partial charge on any atom is 0.214 e. The first kappa shape index (κ1) is 16.1. The largest absolute Gasteiger partial charge is 0.320 e. The van der Waals surface area contributed by atoms with Crippen molar-refractivity contribution in [2.24, 2.45) is 0 Å². The van der Waals surface area contributed by atoms with E-state index in [1.807, 2.05) is 32.2 Å². The third kappa shape index (κ3) is 5.67. The summed E-state index contributed by atoms with van der Waals surface area (Å²) >= 11 is 0. The van der Waals surface area contributed by atoms with Crippen LogP contribution in [0.1, 0.15) is 25.5 Å². The van der Waals surface area contributed by atoms with Crippen molar-refractivity contribution < 1.29 is 8.42 Å². The van der Waals surface area contributed by atoms with Gasteiger partial charge in [0.1, 0.15) is 0 Å². The van der Waals surface area contributed by atoms with E-state index in [0.29, 0.717) is 19.5 Å². The molecule has 0 saturated carbocycles. The molecule has 108 valence electrons. The van der Waals surface area contributed by atoms with E-state index < -0.39 is 10.0 Å². The molecule has 0 atom stereocenters. The number of rotatable bonds is 9. The predicted octanol–water partition coefficient (Wildman–Crippen LogP) is 1.23. The zero-order chi connectivity index (χ0) is 14.1. The number of aromatic nitrogens is 1. The van der Waals surface area contributed by atoms with Crippen LogP contribution in [0.25, 0.3) is 0 Å². The molecule has 1 rings (SSSR count). The fraction of sp³-hybridized carbons (Fsp3) is 0.615. The number of nitrogens with zero attached hydrogens (tertiary/aromatic N) is 2. The lowest BCUT2D eigenvalue weighted by Crippen LogP contribution is -2.33. The molecule has 1 aromatic heterocycles. The Morgan fingerprint density at radius 1 is 1.32 bits per heavy atom. The molecular formula is C13H23N3O2S. The highest BCUT2D eigenvalue weighted by Gasteiger charge is 2.20. The van der Waals surface area contributed by atoms with Gasteiger partial charge >= 0.3 is 0 Å². The minimum absolute atomic E-state index is 0.204. The number of hydrogen-bond donors (Lipinski definition) is 1. The molecule has 0 aliphatic rings. The molecule has 0 aliphatic carbocycles. The summed E-state index contributed by atoms with van der Waals surface area (Å²) in [5, 5.41) is 3.02. The topological polar surface area (TPSA) is 62.3 Å². The zero-order valence-corrected chi connectivity index (χ0v) is 12.5. The van der Waals surface area contributed by atoms with Gasteiger partial charge in [0.25, 0.3) is 0 Å². The van der Waals surface area contributed by atoms with Crippen molar-refractivity contribution in [3.05, 3.63) is 30.1 Å². The van der Waals surface area contributed by atoms with Crippen molar-refractivity contribution in [2.45, 2.75) is 26.3 Å². The van der Waals surface area contributed by atoms with Crippen LogP contribution in [0.3, 0.4) is 0 Å². The molecule has 1 heterocycles. The van der Waals surface area contributed by atoms with Gasteiger partial charge in [0.05, 0.1) is 18.0 Å². The summed E-state index contributed by atoms with van der Waals surface area (Å²) in [4.78, 5) is 4.17. The second-order valence-electron chi connectivity index (χ2n) is 4.37. The molecule has 0 radical (unpaired) electrons. The fourth-order valence-corrected chi connectivity index (χ4v) is 3.34. The van der Waals surface area contributed by atoms with Crippen LogP contribution in [0.15, 0.2) is 24.4 Å². The van der Waals surface area contributed by atoms with Gasteiger partial charge in [0.2, 0.25) is 10.0 Å². The molecular weight excluding hydrogens is 262 g/mol. The molecule has 0 unspecified atom stereocenters. The van der Waals surface area contributed by atoms with E-state index in [-0.39, 0.29) is 5.75 Å². The molecule has 1 aromatic rings. The first-order valence-corrected chi connectivity index (χ1v) is 8.23. The third-order valence-electron chi connectivity index (χ3n) is 2.89. The summed E-state index contributed by atoms with van der Waals surface area (Å²) in [7, 11) is -1.32. The highest BCUT2D eigenvalue weighted by Crippen LogP contribution is 2.09. The normalized spacial score (nSPS) is 11.9. The van der Waals surface area contributed by atoms with Crippen molar-refractivity contribution in [1.29, 1.82) is 0 Å². The van der Waals surface area contributed by atoms with Gasteiger partial charge in [0.15, 0.2) is 0 Å². The first-order valence-electron chi connectivity index (χ1n) is 6.62. The van der Waals surface area contributed by atoms with Crippen LogP contribution in [0.4, 0.5) is 0 Å². The SMILES string of the molecule is CCN(Cc1ccccn1)S(=O)(=O)CCCCNC. The Hall–Kier alpha value is -0.980. The van der Waals surface area contributed by atoms with Crippen molar-refractivity contribution in [1.82, 2.24) is 14.6 Å². The summed E-state index contributed by atoms with van der Waals surface area (Å²) < 4.78 is 25.9. The van der Waals surface area contributed by atoms with Crippen LogP contribution < -0.4 is 5.32 Å². The van der Waals surface area contributed by atoms with Crippen molar-refractivity contribution in [3.63, 3.8) is 0 Å². The Balaban J connectivity index is 2.57. The van der Waals surface area contributed by atoms with E-state index in [9.17, 15) is 8.42 Å². The molecule has 0 aliphatic heterocycles. The predicted molar refractivity (Wildman–Crippen MR) is 77.3 cm³/mol. The average molecular weight is 285 g/mol. The lowest BCUT2D eigenvalue weighted by Gasteiger charge is -2.20. The van der Waals surface area contributed by atoms with Crippen LogP contribution in [-0.2, 0) is 16.6 Å². The highest BCUT2D eigenvalue weighted by atomic mass is 32.2. The van der Waals surface area contributed by atoms with Crippen molar-refractivity contribution in [2.75, 3.05) is 25.9 Å². The lowest BCUT2D eigenvalue weighted by atomic mass is 10.3. The molecule has 0 saturated heterocycles. The van der Waals surface area contributed by atoms with Gasteiger partial charge in [-0.05, 0) is 38.6 Å². The van der Waals surface area contributed by atoms with Crippen LogP contribution >= 0.6 is 0 Å². The lowest BCUT2D eigenvalue weighted by molar-refractivity contribution is 0.417. The van der Waals surface area contributed by atoms with E-state index in [1.54, 1.807) is 6.20 Å². The van der Waals surface area contributed by atoms with Gasteiger partial charge < -0.3 is 5.32 Å². The van der Waals surface area contributed by atoms with Crippen LogP contribution in [0, 0.1) is 0 Å². The molecule has 0 spiro atoms. The minimum atomic E-state index is -3.19. The van der Waals surface area contributed by atoms with Gasteiger partial charge in [-0.1, -0.05) is 13.0 Å². The van der Waals surface area contributed by atoms with E-state index in [1.165, 1.54) is 4.31 Å². The van der Waals surface area contributed by atoms with Gasteiger partial charge in [-0.15, -0.1) is 0 Å². The number of sulfonamides is 1. The summed E-state index contributed by atoms with van der Waals surface area (Å²) in [6.07, 6.45) is 3.24. The summed E-state index contributed by atoms with van der Waals surface area (Å²) in [5.74, 6) is 0.204. The Morgan fingerprint density at radius 3 is 2.68 bits per heavy atom. The Kier molecular flexibility index (Phi) is 6.97. The quantitative estimate of drug-likeness (QED) is 0.693. The second-order valence-corrected chi connectivity index (χ2v) is 6.46. The third-order valence-corrected chi connectivity index (χ3v) is 4.87. The van der Waals surface area contributed by atoms with E-state index >= 15 is 0 Å². The summed E-state index contributed by atoms with van der Waals surface area (Å²) in [5.41, 5.74) is 0.781. The van der Waals surface area contributed by atoms with Gasteiger partial charge in [-0.2, -0.15) is 4.31 Å².